The van der Waals surface area contributed by atoms with Gasteiger partial charge in [0.05, 0.1) is 11.9 Å². The average molecular weight is 229 g/mol. The fraction of sp³-hybridized carbons (Fsp3) is 0.357. The summed E-state index contributed by atoms with van der Waals surface area (Å²) in [5, 5.41) is 7.58. The maximum absolute atomic E-state index is 4.14. The number of aromatic nitrogens is 2. The van der Waals surface area contributed by atoms with Gasteiger partial charge in [-0.05, 0) is 24.5 Å². The van der Waals surface area contributed by atoms with Gasteiger partial charge in [0.25, 0.3) is 0 Å². The molecule has 0 aliphatic carbocycles. The third kappa shape index (κ3) is 2.87. The Morgan fingerprint density at radius 2 is 2.00 bits per heavy atom. The Morgan fingerprint density at radius 3 is 2.53 bits per heavy atom. The van der Waals surface area contributed by atoms with Crippen molar-refractivity contribution < 1.29 is 0 Å². The van der Waals surface area contributed by atoms with Crippen molar-refractivity contribution in [3.63, 3.8) is 0 Å². The second-order valence-electron chi connectivity index (χ2n) is 4.36. The van der Waals surface area contributed by atoms with Gasteiger partial charge in [0.2, 0.25) is 0 Å². The summed E-state index contributed by atoms with van der Waals surface area (Å²) in [4.78, 5) is 0. The molecule has 1 aromatic heterocycles. The van der Waals surface area contributed by atoms with Crippen LogP contribution in [-0.2, 0) is 13.5 Å². The highest BCUT2D eigenvalue weighted by Crippen LogP contribution is 2.19. The Hall–Kier alpha value is -1.77. The van der Waals surface area contributed by atoms with Gasteiger partial charge >= 0.3 is 0 Å². The van der Waals surface area contributed by atoms with Gasteiger partial charge in [-0.1, -0.05) is 31.2 Å². The molecule has 3 heteroatoms. The molecule has 1 heterocycles. The molecule has 0 saturated carbocycles. The molecule has 0 amide bonds. The standard InChI is InChI=1S/C14H19N3/c1-4-12-5-7-13(8-6-12)11(2)16-14-9-15-17(3)10-14/h5-11,16H,4H2,1-3H3. The Balaban J connectivity index is 2.06. The Morgan fingerprint density at radius 1 is 1.29 bits per heavy atom. The quantitative estimate of drug-likeness (QED) is 0.872. The minimum atomic E-state index is 0.296. The van der Waals surface area contributed by atoms with Gasteiger partial charge < -0.3 is 5.32 Å². The Kier molecular flexibility index (Phi) is 3.47. The van der Waals surface area contributed by atoms with Crippen LogP contribution in [0.4, 0.5) is 5.69 Å². The zero-order chi connectivity index (χ0) is 12.3. The third-order valence-electron chi connectivity index (χ3n) is 2.98. The number of anilines is 1. The smallest absolute Gasteiger partial charge is 0.0731 e. The van der Waals surface area contributed by atoms with Gasteiger partial charge in [-0.15, -0.1) is 0 Å². The maximum Gasteiger partial charge on any atom is 0.0731 e. The average Bonchev–Trinajstić information content (AvgIpc) is 2.75. The molecule has 0 aliphatic heterocycles. The topological polar surface area (TPSA) is 29.9 Å². The SMILES string of the molecule is CCc1ccc(C(C)Nc2cnn(C)c2)cc1. The molecule has 0 saturated heterocycles. The number of hydrogen-bond acceptors (Lipinski definition) is 2. The van der Waals surface area contributed by atoms with E-state index in [2.05, 4.69) is 48.5 Å². The number of nitrogens with one attached hydrogen (secondary N) is 1. The number of benzene rings is 1. The lowest BCUT2D eigenvalue weighted by atomic mass is 10.1. The summed E-state index contributed by atoms with van der Waals surface area (Å²) in [7, 11) is 1.92. The van der Waals surface area contributed by atoms with Gasteiger partial charge in [0.1, 0.15) is 0 Å². The van der Waals surface area contributed by atoms with E-state index in [0.29, 0.717) is 6.04 Å². The maximum atomic E-state index is 4.14. The lowest BCUT2D eigenvalue weighted by Crippen LogP contribution is -2.05. The zero-order valence-corrected chi connectivity index (χ0v) is 10.6. The highest BCUT2D eigenvalue weighted by molar-refractivity contribution is 5.41. The Labute approximate surface area is 102 Å². The van der Waals surface area contributed by atoms with Crippen LogP contribution in [0.15, 0.2) is 36.7 Å². The van der Waals surface area contributed by atoms with Crippen molar-refractivity contribution in [3.05, 3.63) is 47.8 Å². The lowest BCUT2D eigenvalue weighted by Gasteiger charge is -2.14. The number of hydrogen-bond donors (Lipinski definition) is 1. The van der Waals surface area contributed by atoms with Crippen LogP contribution in [-0.4, -0.2) is 9.78 Å². The van der Waals surface area contributed by atoms with Gasteiger partial charge in [-0.3, -0.25) is 4.68 Å². The molecule has 0 fully saturated rings. The molecule has 17 heavy (non-hydrogen) atoms. The van der Waals surface area contributed by atoms with Crippen molar-refractivity contribution in [2.45, 2.75) is 26.3 Å². The van der Waals surface area contributed by atoms with Crippen molar-refractivity contribution in [1.82, 2.24) is 9.78 Å². The van der Waals surface area contributed by atoms with Gasteiger partial charge in [-0.25, -0.2) is 0 Å². The summed E-state index contributed by atoms with van der Waals surface area (Å²) in [6, 6.07) is 9.05. The van der Waals surface area contributed by atoms with Crippen LogP contribution in [0.3, 0.4) is 0 Å². The van der Waals surface area contributed by atoms with Crippen LogP contribution in [0.1, 0.15) is 31.0 Å². The fourth-order valence-corrected chi connectivity index (χ4v) is 1.87. The molecule has 0 bridgehead atoms. The molecule has 3 nitrogen and oxygen atoms in total. The number of nitrogens with zero attached hydrogens (tertiary/aromatic N) is 2. The fourth-order valence-electron chi connectivity index (χ4n) is 1.87. The molecule has 1 N–H and O–H groups in total. The third-order valence-corrected chi connectivity index (χ3v) is 2.98. The largest absolute Gasteiger partial charge is 0.376 e. The molecular formula is C14H19N3. The van der Waals surface area contributed by atoms with Crippen LogP contribution in [0.5, 0.6) is 0 Å². The van der Waals surface area contributed by atoms with Crippen LogP contribution in [0, 0.1) is 0 Å². The minimum Gasteiger partial charge on any atom is -0.376 e. The molecule has 2 rings (SSSR count). The summed E-state index contributed by atoms with van der Waals surface area (Å²) in [5.41, 5.74) is 3.73. The first-order valence-corrected chi connectivity index (χ1v) is 6.03. The summed E-state index contributed by atoms with van der Waals surface area (Å²) in [6.45, 7) is 4.33. The van der Waals surface area contributed by atoms with E-state index in [1.54, 1.807) is 4.68 Å². The molecule has 90 valence electrons. The van der Waals surface area contributed by atoms with Crippen molar-refractivity contribution in [2.24, 2.45) is 7.05 Å². The molecular weight excluding hydrogens is 210 g/mol. The Bertz CT molecular complexity index is 470. The van der Waals surface area contributed by atoms with E-state index in [9.17, 15) is 0 Å². The number of rotatable bonds is 4. The molecule has 0 radical (unpaired) electrons. The normalized spacial score (nSPS) is 12.4. The minimum absolute atomic E-state index is 0.296. The van der Waals surface area contributed by atoms with E-state index in [1.807, 2.05) is 19.4 Å². The lowest BCUT2D eigenvalue weighted by molar-refractivity contribution is 0.767. The molecule has 0 spiro atoms. The predicted octanol–water partition coefficient (Wildman–Crippen LogP) is 3.16. The van der Waals surface area contributed by atoms with E-state index >= 15 is 0 Å². The van der Waals surface area contributed by atoms with Crippen molar-refractivity contribution >= 4 is 5.69 Å². The van der Waals surface area contributed by atoms with Crippen molar-refractivity contribution in [2.75, 3.05) is 5.32 Å². The van der Waals surface area contributed by atoms with E-state index < -0.39 is 0 Å². The second-order valence-corrected chi connectivity index (χ2v) is 4.36. The summed E-state index contributed by atoms with van der Waals surface area (Å²) < 4.78 is 1.80. The van der Waals surface area contributed by atoms with Gasteiger partial charge in [-0.2, -0.15) is 5.10 Å². The van der Waals surface area contributed by atoms with Crippen molar-refractivity contribution in [3.8, 4) is 0 Å². The second kappa shape index (κ2) is 5.04. The van der Waals surface area contributed by atoms with Crippen LogP contribution < -0.4 is 5.32 Å². The highest BCUT2D eigenvalue weighted by atomic mass is 15.3. The van der Waals surface area contributed by atoms with Crippen LogP contribution in [0.2, 0.25) is 0 Å². The first-order valence-electron chi connectivity index (χ1n) is 6.03. The molecule has 1 atom stereocenters. The molecule has 0 aliphatic rings. The molecule has 1 aromatic carbocycles. The van der Waals surface area contributed by atoms with E-state index in [0.717, 1.165) is 12.1 Å². The van der Waals surface area contributed by atoms with E-state index in [-0.39, 0.29) is 0 Å². The van der Waals surface area contributed by atoms with E-state index in [4.69, 9.17) is 0 Å². The summed E-state index contributed by atoms with van der Waals surface area (Å²) in [6.07, 6.45) is 4.92. The molecule has 2 aromatic rings. The number of aryl methyl sites for hydroxylation is 2. The van der Waals surface area contributed by atoms with Crippen molar-refractivity contribution in [1.29, 1.82) is 0 Å². The summed E-state index contributed by atoms with van der Waals surface area (Å²) in [5.74, 6) is 0. The van der Waals surface area contributed by atoms with Crippen LogP contribution in [0.25, 0.3) is 0 Å². The summed E-state index contributed by atoms with van der Waals surface area (Å²) >= 11 is 0. The first-order chi connectivity index (χ1) is 8.19. The van der Waals surface area contributed by atoms with E-state index in [1.165, 1.54) is 11.1 Å². The van der Waals surface area contributed by atoms with Crippen LogP contribution >= 0.6 is 0 Å². The first kappa shape index (κ1) is 11.7. The van der Waals surface area contributed by atoms with Gasteiger partial charge in [0.15, 0.2) is 0 Å². The predicted molar refractivity (Wildman–Crippen MR) is 71.1 cm³/mol. The van der Waals surface area contributed by atoms with Gasteiger partial charge in [0, 0.05) is 19.3 Å². The zero-order valence-electron chi connectivity index (χ0n) is 10.6. The molecule has 1 unspecified atom stereocenters. The monoisotopic (exact) mass is 229 g/mol. The highest BCUT2D eigenvalue weighted by Gasteiger charge is 2.05.